The number of ether oxygens (including phenoxy) is 1. The Morgan fingerprint density at radius 2 is 1.80 bits per heavy atom. The summed E-state index contributed by atoms with van der Waals surface area (Å²) < 4.78 is 7.12. The van der Waals surface area contributed by atoms with Crippen molar-refractivity contribution in [1.29, 1.82) is 0 Å². The molecule has 0 aliphatic heterocycles. The number of benzene rings is 2. The monoisotopic (exact) mass is 408 g/mol. The summed E-state index contributed by atoms with van der Waals surface area (Å²) in [7, 11) is 1.67. The van der Waals surface area contributed by atoms with E-state index in [1.54, 1.807) is 42.0 Å². The molecule has 0 aliphatic carbocycles. The van der Waals surface area contributed by atoms with Gasteiger partial charge in [-0.1, -0.05) is 76.8 Å². The van der Waals surface area contributed by atoms with Crippen molar-refractivity contribution in [3.05, 3.63) is 64.7 Å². The van der Waals surface area contributed by atoms with E-state index < -0.39 is 0 Å². The minimum absolute atomic E-state index is 0.237. The van der Waals surface area contributed by atoms with E-state index >= 15 is 0 Å². The SMILES string of the molecule is COc1ccc(CSc2nnc(S[C@H](C)c3ccccc3Cl)s2)cc1. The molecule has 0 bridgehead atoms. The third-order valence-electron chi connectivity index (χ3n) is 3.53. The quantitative estimate of drug-likeness (QED) is 0.426. The lowest BCUT2D eigenvalue weighted by Gasteiger charge is -2.10. The molecule has 1 heterocycles. The van der Waals surface area contributed by atoms with E-state index in [2.05, 4.69) is 35.3 Å². The molecule has 3 rings (SSSR count). The maximum absolute atomic E-state index is 6.27. The van der Waals surface area contributed by atoms with Crippen LogP contribution in [0.2, 0.25) is 5.02 Å². The molecule has 0 radical (unpaired) electrons. The average Bonchev–Trinajstić information content (AvgIpc) is 3.08. The van der Waals surface area contributed by atoms with Gasteiger partial charge in [0.2, 0.25) is 0 Å². The zero-order valence-electron chi connectivity index (χ0n) is 13.8. The second-order valence-electron chi connectivity index (χ2n) is 5.25. The maximum atomic E-state index is 6.27. The number of hydrogen-bond acceptors (Lipinski definition) is 6. The molecule has 1 atom stereocenters. The Morgan fingerprint density at radius 3 is 2.52 bits per heavy atom. The predicted octanol–water partition coefficient (Wildman–Crippen LogP) is 6.35. The molecule has 0 unspecified atom stereocenters. The van der Waals surface area contributed by atoms with E-state index in [4.69, 9.17) is 16.3 Å². The van der Waals surface area contributed by atoms with Gasteiger partial charge in [-0.05, 0) is 36.2 Å². The van der Waals surface area contributed by atoms with Crippen LogP contribution in [0.5, 0.6) is 5.75 Å². The Morgan fingerprint density at radius 1 is 1.08 bits per heavy atom. The Hall–Kier alpha value is -1.21. The van der Waals surface area contributed by atoms with Crippen LogP contribution >= 0.6 is 46.5 Å². The van der Waals surface area contributed by atoms with Crippen LogP contribution in [0.1, 0.15) is 23.3 Å². The zero-order valence-corrected chi connectivity index (χ0v) is 17.0. The van der Waals surface area contributed by atoms with E-state index in [0.29, 0.717) is 0 Å². The van der Waals surface area contributed by atoms with Crippen molar-refractivity contribution in [3.8, 4) is 5.75 Å². The van der Waals surface area contributed by atoms with Gasteiger partial charge in [-0.3, -0.25) is 0 Å². The van der Waals surface area contributed by atoms with Crippen LogP contribution in [-0.2, 0) is 5.75 Å². The molecule has 0 aliphatic rings. The summed E-state index contributed by atoms with van der Waals surface area (Å²) in [6.07, 6.45) is 0. The Kier molecular flexibility index (Phi) is 6.64. The molecule has 0 amide bonds. The van der Waals surface area contributed by atoms with E-state index in [-0.39, 0.29) is 5.25 Å². The summed E-state index contributed by atoms with van der Waals surface area (Å²) >= 11 is 11.3. The third-order valence-corrected chi connectivity index (χ3v) is 7.23. The Balaban J connectivity index is 1.57. The van der Waals surface area contributed by atoms with Crippen molar-refractivity contribution in [3.63, 3.8) is 0 Å². The van der Waals surface area contributed by atoms with E-state index in [9.17, 15) is 0 Å². The fourth-order valence-corrected chi connectivity index (χ4v) is 5.84. The van der Waals surface area contributed by atoms with Gasteiger partial charge in [0, 0.05) is 16.0 Å². The van der Waals surface area contributed by atoms with Crippen LogP contribution in [-0.4, -0.2) is 17.3 Å². The maximum Gasteiger partial charge on any atom is 0.175 e. The molecule has 3 nitrogen and oxygen atoms in total. The van der Waals surface area contributed by atoms with Crippen LogP contribution in [0.4, 0.5) is 0 Å². The van der Waals surface area contributed by atoms with Gasteiger partial charge in [-0.2, -0.15) is 0 Å². The zero-order chi connectivity index (χ0) is 17.6. The molecule has 0 spiro atoms. The van der Waals surface area contributed by atoms with E-state index in [1.165, 1.54) is 5.56 Å². The van der Waals surface area contributed by atoms with Crippen LogP contribution in [0.15, 0.2) is 57.2 Å². The molecule has 25 heavy (non-hydrogen) atoms. The van der Waals surface area contributed by atoms with Gasteiger partial charge in [0.1, 0.15) is 5.75 Å². The van der Waals surface area contributed by atoms with Crippen molar-refractivity contribution in [2.24, 2.45) is 0 Å². The lowest BCUT2D eigenvalue weighted by Crippen LogP contribution is -1.89. The van der Waals surface area contributed by atoms with Crippen LogP contribution in [0, 0.1) is 0 Å². The number of nitrogens with zero attached hydrogens (tertiary/aromatic N) is 2. The molecule has 0 N–H and O–H groups in total. The summed E-state index contributed by atoms with van der Waals surface area (Å²) in [5.74, 6) is 1.74. The van der Waals surface area contributed by atoms with Gasteiger partial charge >= 0.3 is 0 Å². The average molecular weight is 409 g/mol. The van der Waals surface area contributed by atoms with Gasteiger partial charge in [0.15, 0.2) is 8.68 Å². The second-order valence-corrected chi connectivity index (χ2v) is 9.45. The van der Waals surface area contributed by atoms with Crippen molar-refractivity contribution in [1.82, 2.24) is 10.2 Å². The number of rotatable bonds is 7. The Bertz CT molecular complexity index is 823. The highest BCUT2D eigenvalue weighted by Crippen LogP contribution is 2.40. The van der Waals surface area contributed by atoms with Crippen molar-refractivity contribution < 1.29 is 4.74 Å². The van der Waals surface area contributed by atoms with Gasteiger partial charge < -0.3 is 4.74 Å². The number of halogens is 1. The lowest BCUT2D eigenvalue weighted by atomic mass is 10.2. The minimum Gasteiger partial charge on any atom is -0.497 e. The fourth-order valence-electron chi connectivity index (χ4n) is 2.19. The van der Waals surface area contributed by atoms with Crippen LogP contribution < -0.4 is 4.74 Å². The predicted molar refractivity (Wildman–Crippen MR) is 108 cm³/mol. The number of thioether (sulfide) groups is 2. The molecule has 130 valence electrons. The molecule has 0 saturated carbocycles. The summed E-state index contributed by atoms with van der Waals surface area (Å²) in [6.45, 7) is 2.14. The summed E-state index contributed by atoms with van der Waals surface area (Å²) in [5, 5.41) is 9.62. The molecule has 7 heteroatoms. The minimum atomic E-state index is 0.237. The van der Waals surface area contributed by atoms with E-state index in [0.717, 1.165) is 30.8 Å². The molecule has 0 fully saturated rings. The topological polar surface area (TPSA) is 35.0 Å². The molecule has 3 aromatic rings. The highest BCUT2D eigenvalue weighted by Gasteiger charge is 2.14. The van der Waals surface area contributed by atoms with E-state index in [1.807, 2.05) is 30.3 Å². The number of hydrogen-bond donors (Lipinski definition) is 0. The first-order valence-electron chi connectivity index (χ1n) is 7.66. The van der Waals surface area contributed by atoms with Gasteiger partial charge in [-0.25, -0.2) is 0 Å². The number of methoxy groups -OCH3 is 1. The summed E-state index contributed by atoms with van der Waals surface area (Å²) in [5.41, 5.74) is 2.36. The normalized spacial score (nSPS) is 12.1. The molecule has 0 saturated heterocycles. The lowest BCUT2D eigenvalue weighted by molar-refractivity contribution is 0.414. The van der Waals surface area contributed by atoms with Crippen molar-refractivity contribution >= 4 is 46.5 Å². The van der Waals surface area contributed by atoms with Gasteiger partial charge in [-0.15, -0.1) is 10.2 Å². The summed E-state index contributed by atoms with van der Waals surface area (Å²) in [4.78, 5) is 0. The Labute approximate surface area is 165 Å². The van der Waals surface area contributed by atoms with Crippen molar-refractivity contribution in [2.75, 3.05) is 7.11 Å². The smallest absolute Gasteiger partial charge is 0.175 e. The van der Waals surface area contributed by atoms with Crippen molar-refractivity contribution in [2.45, 2.75) is 26.6 Å². The first-order chi connectivity index (χ1) is 12.2. The number of aromatic nitrogens is 2. The second kappa shape index (κ2) is 8.94. The van der Waals surface area contributed by atoms with Gasteiger partial charge in [0.25, 0.3) is 0 Å². The fraction of sp³-hybridized carbons (Fsp3) is 0.222. The molecular weight excluding hydrogens is 392 g/mol. The van der Waals surface area contributed by atoms with Gasteiger partial charge in [0.05, 0.1) is 7.11 Å². The first kappa shape index (κ1) is 18.6. The third kappa shape index (κ3) is 5.14. The summed E-state index contributed by atoms with van der Waals surface area (Å²) in [6, 6.07) is 16.0. The largest absolute Gasteiger partial charge is 0.497 e. The highest BCUT2D eigenvalue weighted by molar-refractivity contribution is 8.03. The highest BCUT2D eigenvalue weighted by atomic mass is 35.5. The first-order valence-corrected chi connectivity index (χ1v) is 10.7. The molecular formula is C18H17ClN2OS3. The van der Waals surface area contributed by atoms with Crippen LogP contribution in [0.3, 0.4) is 0 Å². The molecule has 2 aromatic carbocycles. The van der Waals surface area contributed by atoms with Crippen LogP contribution in [0.25, 0.3) is 0 Å². The molecule has 1 aromatic heterocycles. The standard InChI is InChI=1S/C18H17ClN2OS3/c1-12(15-5-3-4-6-16(15)19)24-18-21-20-17(25-18)23-11-13-7-9-14(22-2)10-8-13/h3-10,12H,11H2,1-2H3/t12-/m1/s1.